The molecule has 0 atom stereocenters. The lowest BCUT2D eigenvalue weighted by Crippen LogP contribution is -2.04. The summed E-state index contributed by atoms with van der Waals surface area (Å²) < 4.78 is 11.0. The molecule has 1 aromatic heterocycles. The number of benzene rings is 2. The lowest BCUT2D eigenvalue weighted by Gasteiger charge is -2.06. The predicted molar refractivity (Wildman–Crippen MR) is 69.2 cm³/mol. The lowest BCUT2D eigenvalue weighted by molar-refractivity contribution is 0.360. The van der Waals surface area contributed by atoms with Gasteiger partial charge in [0.05, 0.1) is 17.6 Å². The molecule has 0 radical (unpaired) electrons. The van der Waals surface area contributed by atoms with Crippen LogP contribution in [0.1, 0.15) is 5.56 Å². The maximum Gasteiger partial charge on any atom is 0.343 e. The Bertz CT molecular complexity index is 830. The first-order valence-electron chi connectivity index (χ1n) is 5.95. The van der Waals surface area contributed by atoms with Crippen LogP contribution in [0.5, 0.6) is 5.75 Å². The summed E-state index contributed by atoms with van der Waals surface area (Å²) in [6.07, 6.45) is 0.636. The molecule has 0 amide bonds. The van der Waals surface area contributed by atoms with Gasteiger partial charge in [-0.1, -0.05) is 30.3 Å². The maximum atomic E-state index is 11.8. The van der Waals surface area contributed by atoms with Gasteiger partial charge in [0.1, 0.15) is 11.3 Å². The second kappa shape index (κ2) is 3.35. The highest BCUT2D eigenvalue weighted by Crippen LogP contribution is 2.36. The molecule has 0 spiro atoms. The van der Waals surface area contributed by atoms with Gasteiger partial charge in [0.2, 0.25) is 0 Å². The average Bonchev–Trinajstić information content (AvgIpc) is 2.88. The normalized spacial score (nSPS) is 13.8. The van der Waals surface area contributed by atoms with Crippen molar-refractivity contribution in [3.05, 3.63) is 52.4 Å². The van der Waals surface area contributed by atoms with Crippen LogP contribution in [0.4, 0.5) is 0 Å². The SMILES string of the molecule is O=c1oc2ccc3ccccc3c2c2c1CCO2. The molecule has 0 bridgehead atoms. The van der Waals surface area contributed by atoms with Crippen molar-refractivity contribution >= 4 is 21.7 Å². The van der Waals surface area contributed by atoms with Gasteiger partial charge in [-0.3, -0.25) is 0 Å². The van der Waals surface area contributed by atoms with Gasteiger partial charge < -0.3 is 9.15 Å². The zero-order chi connectivity index (χ0) is 12.1. The van der Waals surface area contributed by atoms with E-state index in [1.54, 1.807) is 0 Å². The molecule has 4 rings (SSSR count). The maximum absolute atomic E-state index is 11.8. The van der Waals surface area contributed by atoms with E-state index in [1.807, 2.05) is 36.4 Å². The van der Waals surface area contributed by atoms with E-state index in [0.29, 0.717) is 29.9 Å². The molecule has 0 saturated carbocycles. The van der Waals surface area contributed by atoms with Crippen LogP contribution < -0.4 is 10.4 Å². The summed E-state index contributed by atoms with van der Waals surface area (Å²) in [5.41, 5.74) is 0.989. The zero-order valence-corrected chi connectivity index (χ0v) is 9.60. The number of rotatable bonds is 0. The van der Waals surface area contributed by atoms with E-state index >= 15 is 0 Å². The number of ether oxygens (including phenoxy) is 1. The van der Waals surface area contributed by atoms with Crippen LogP contribution in [0.25, 0.3) is 21.7 Å². The third-order valence-corrected chi connectivity index (χ3v) is 3.44. The monoisotopic (exact) mass is 238 g/mol. The van der Waals surface area contributed by atoms with Crippen LogP contribution in [0.15, 0.2) is 45.6 Å². The first-order chi connectivity index (χ1) is 8.84. The van der Waals surface area contributed by atoms with Crippen LogP contribution >= 0.6 is 0 Å². The van der Waals surface area contributed by atoms with Crippen molar-refractivity contribution in [3.63, 3.8) is 0 Å². The number of hydrogen-bond donors (Lipinski definition) is 0. The number of hydrogen-bond acceptors (Lipinski definition) is 3. The van der Waals surface area contributed by atoms with Crippen LogP contribution in [-0.2, 0) is 6.42 Å². The second-order valence-electron chi connectivity index (χ2n) is 4.46. The molecule has 0 unspecified atom stereocenters. The van der Waals surface area contributed by atoms with E-state index in [9.17, 15) is 4.79 Å². The molecule has 1 aliphatic heterocycles. The summed E-state index contributed by atoms with van der Waals surface area (Å²) in [4.78, 5) is 11.8. The molecule has 0 saturated heterocycles. The average molecular weight is 238 g/mol. The predicted octanol–water partition coefficient (Wildman–Crippen LogP) is 2.88. The van der Waals surface area contributed by atoms with E-state index in [-0.39, 0.29) is 5.63 Å². The molecule has 3 aromatic rings. The second-order valence-corrected chi connectivity index (χ2v) is 4.46. The minimum absolute atomic E-state index is 0.273. The molecular weight excluding hydrogens is 228 g/mol. The first kappa shape index (κ1) is 9.71. The molecule has 1 aliphatic rings. The minimum Gasteiger partial charge on any atom is -0.492 e. The van der Waals surface area contributed by atoms with Gasteiger partial charge >= 0.3 is 5.63 Å². The highest BCUT2D eigenvalue weighted by molar-refractivity contribution is 6.09. The summed E-state index contributed by atoms with van der Waals surface area (Å²) in [6, 6.07) is 11.8. The molecule has 18 heavy (non-hydrogen) atoms. The molecule has 0 aliphatic carbocycles. The van der Waals surface area contributed by atoms with Crippen LogP contribution in [0.2, 0.25) is 0 Å². The quantitative estimate of drug-likeness (QED) is 0.446. The van der Waals surface area contributed by atoms with Crippen molar-refractivity contribution in [1.29, 1.82) is 0 Å². The summed E-state index contributed by atoms with van der Waals surface area (Å²) >= 11 is 0. The third-order valence-electron chi connectivity index (χ3n) is 3.44. The minimum atomic E-state index is -0.273. The summed E-state index contributed by atoms with van der Waals surface area (Å²) in [5.74, 6) is 0.707. The van der Waals surface area contributed by atoms with Crippen molar-refractivity contribution in [1.82, 2.24) is 0 Å². The largest absolute Gasteiger partial charge is 0.492 e. The van der Waals surface area contributed by atoms with Crippen molar-refractivity contribution in [2.75, 3.05) is 6.61 Å². The fraction of sp³-hybridized carbons (Fsp3) is 0.133. The molecule has 3 heteroatoms. The van der Waals surface area contributed by atoms with Crippen molar-refractivity contribution in [2.24, 2.45) is 0 Å². The first-order valence-corrected chi connectivity index (χ1v) is 5.95. The Balaban J connectivity index is 2.31. The van der Waals surface area contributed by atoms with E-state index in [0.717, 1.165) is 16.2 Å². The molecule has 88 valence electrons. The van der Waals surface area contributed by atoms with Gasteiger partial charge in [-0.15, -0.1) is 0 Å². The Morgan fingerprint density at radius 2 is 1.94 bits per heavy atom. The van der Waals surface area contributed by atoms with Gasteiger partial charge in [-0.25, -0.2) is 4.79 Å². The van der Waals surface area contributed by atoms with Gasteiger partial charge in [0, 0.05) is 6.42 Å². The standard InChI is InChI=1S/C15H10O3/c16-15-11-7-8-17-14(11)13-10-4-2-1-3-9(10)5-6-12(13)18-15/h1-6H,7-8H2. The Kier molecular flexibility index (Phi) is 1.81. The highest BCUT2D eigenvalue weighted by Gasteiger charge is 2.22. The molecule has 0 N–H and O–H groups in total. The Hall–Kier alpha value is -2.29. The van der Waals surface area contributed by atoms with Crippen molar-refractivity contribution in [2.45, 2.75) is 6.42 Å². The third kappa shape index (κ3) is 1.16. The van der Waals surface area contributed by atoms with Crippen LogP contribution in [-0.4, -0.2) is 6.61 Å². The number of fused-ring (bicyclic) bond motifs is 5. The molecular formula is C15H10O3. The summed E-state index contributed by atoms with van der Waals surface area (Å²) in [5, 5.41) is 3.11. The molecule has 3 nitrogen and oxygen atoms in total. The molecule has 2 heterocycles. The highest BCUT2D eigenvalue weighted by atomic mass is 16.5. The fourth-order valence-electron chi connectivity index (χ4n) is 2.61. The van der Waals surface area contributed by atoms with Crippen LogP contribution in [0.3, 0.4) is 0 Å². The summed E-state index contributed by atoms with van der Waals surface area (Å²) in [6.45, 7) is 0.558. The van der Waals surface area contributed by atoms with E-state index in [4.69, 9.17) is 9.15 Å². The van der Waals surface area contributed by atoms with Gasteiger partial charge in [-0.05, 0) is 16.8 Å². The van der Waals surface area contributed by atoms with E-state index in [1.165, 1.54) is 0 Å². The summed E-state index contributed by atoms with van der Waals surface area (Å²) in [7, 11) is 0. The Morgan fingerprint density at radius 1 is 1.06 bits per heavy atom. The van der Waals surface area contributed by atoms with E-state index < -0.39 is 0 Å². The molecule has 2 aromatic carbocycles. The van der Waals surface area contributed by atoms with E-state index in [2.05, 4.69) is 0 Å². The van der Waals surface area contributed by atoms with Crippen molar-refractivity contribution in [3.8, 4) is 5.75 Å². The van der Waals surface area contributed by atoms with Crippen molar-refractivity contribution < 1.29 is 9.15 Å². The molecule has 0 fully saturated rings. The zero-order valence-electron chi connectivity index (χ0n) is 9.60. The van der Waals surface area contributed by atoms with Crippen LogP contribution in [0, 0.1) is 0 Å². The Labute approximate surface area is 103 Å². The Morgan fingerprint density at radius 3 is 2.89 bits per heavy atom. The topological polar surface area (TPSA) is 39.4 Å². The van der Waals surface area contributed by atoms with Gasteiger partial charge in [-0.2, -0.15) is 0 Å². The fourth-order valence-corrected chi connectivity index (χ4v) is 2.61. The van der Waals surface area contributed by atoms with Gasteiger partial charge in [0.15, 0.2) is 0 Å². The lowest BCUT2D eigenvalue weighted by atomic mass is 10.0. The van der Waals surface area contributed by atoms with Gasteiger partial charge in [0.25, 0.3) is 0 Å². The smallest absolute Gasteiger partial charge is 0.343 e.